The third kappa shape index (κ3) is 6.02. The van der Waals surface area contributed by atoms with Crippen LogP contribution in [0.25, 0.3) is 0 Å². The Labute approximate surface area is 202 Å². The van der Waals surface area contributed by atoms with Gasteiger partial charge in [0.2, 0.25) is 21.8 Å². The summed E-state index contributed by atoms with van der Waals surface area (Å²) >= 11 is 0. The van der Waals surface area contributed by atoms with Crippen molar-refractivity contribution < 1.29 is 18.0 Å². The van der Waals surface area contributed by atoms with Crippen LogP contribution in [0.3, 0.4) is 0 Å². The lowest BCUT2D eigenvalue weighted by atomic mass is 10.1. The molecule has 2 aromatic rings. The van der Waals surface area contributed by atoms with Gasteiger partial charge in [0.15, 0.2) is 0 Å². The summed E-state index contributed by atoms with van der Waals surface area (Å²) in [6.07, 6.45) is 0. The number of sulfonamides is 1. The fourth-order valence-electron chi connectivity index (χ4n) is 4.16. The van der Waals surface area contributed by atoms with Crippen LogP contribution in [0.5, 0.6) is 0 Å². The van der Waals surface area contributed by atoms with Gasteiger partial charge in [-0.2, -0.15) is 4.31 Å². The van der Waals surface area contributed by atoms with Gasteiger partial charge in [-0.1, -0.05) is 35.9 Å². The number of aryl methyl sites for hydroxylation is 4. The molecular formula is C25H34N4O4S. The number of carbonyl (C=O) groups excluding carboxylic acids is 2. The molecule has 1 N–H and O–H groups in total. The molecule has 1 heterocycles. The fraction of sp³-hybridized carbons (Fsp3) is 0.440. The number of hydrogen-bond acceptors (Lipinski definition) is 5. The van der Waals surface area contributed by atoms with Crippen LogP contribution in [0.1, 0.15) is 22.3 Å². The average Bonchev–Trinajstić information content (AvgIpc) is 2.76. The molecule has 1 fully saturated rings. The molecule has 3 rings (SSSR count). The Kier molecular flexibility index (Phi) is 8.12. The van der Waals surface area contributed by atoms with E-state index in [4.69, 9.17) is 0 Å². The number of amides is 2. The van der Waals surface area contributed by atoms with Crippen LogP contribution >= 0.6 is 0 Å². The highest BCUT2D eigenvalue weighted by Crippen LogP contribution is 2.22. The summed E-state index contributed by atoms with van der Waals surface area (Å²) in [7, 11) is -1.97. The summed E-state index contributed by atoms with van der Waals surface area (Å²) in [4.78, 5) is 28.8. The molecule has 0 spiro atoms. The third-order valence-electron chi connectivity index (χ3n) is 6.19. The number of benzene rings is 2. The van der Waals surface area contributed by atoms with Crippen molar-refractivity contribution in [1.82, 2.24) is 14.1 Å². The zero-order chi connectivity index (χ0) is 25.0. The maximum atomic E-state index is 13.1. The van der Waals surface area contributed by atoms with Gasteiger partial charge in [0, 0.05) is 38.9 Å². The van der Waals surface area contributed by atoms with Crippen molar-refractivity contribution in [3.05, 3.63) is 58.7 Å². The molecule has 0 aromatic heterocycles. The maximum absolute atomic E-state index is 13.1. The van der Waals surface area contributed by atoms with Gasteiger partial charge < -0.3 is 10.2 Å². The van der Waals surface area contributed by atoms with E-state index in [0.29, 0.717) is 31.1 Å². The van der Waals surface area contributed by atoms with E-state index in [-0.39, 0.29) is 24.9 Å². The van der Waals surface area contributed by atoms with Gasteiger partial charge in [-0.15, -0.1) is 0 Å². The smallest absolute Gasteiger partial charge is 0.243 e. The minimum Gasteiger partial charge on any atom is -0.335 e. The van der Waals surface area contributed by atoms with Crippen molar-refractivity contribution in [2.24, 2.45) is 0 Å². The molecule has 0 atom stereocenters. The van der Waals surface area contributed by atoms with E-state index in [2.05, 4.69) is 5.32 Å². The van der Waals surface area contributed by atoms with E-state index in [1.807, 2.05) is 49.9 Å². The van der Waals surface area contributed by atoms with Crippen molar-refractivity contribution >= 4 is 27.5 Å². The van der Waals surface area contributed by atoms with Crippen molar-refractivity contribution in [2.45, 2.75) is 32.6 Å². The first-order chi connectivity index (χ1) is 16.0. The molecule has 0 unspecified atom stereocenters. The molecule has 8 nitrogen and oxygen atoms in total. The molecule has 1 aliphatic rings. The van der Waals surface area contributed by atoms with Crippen LogP contribution in [0.15, 0.2) is 41.3 Å². The van der Waals surface area contributed by atoms with E-state index in [9.17, 15) is 18.0 Å². The van der Waals surface area contributed by atoms with E-state index in [0.717, 1.165) is 27.9 Å². The molecular weight excluding hydrogens is 452 g/mol. The number of hydrogen-bond donors (Lipinski definition) is 1. The summed E-state index contributed by atoms with van der Waals surface area (Å²) in [5, 5.41) is 2.89. The summed E-state index contributed by atoms with van der Waals surface area (Å²) in [5.41, 5.74) is 4.46. The van der Waals surface area contributed by atoms with Crippen molar-refractivity contribution in [3.8, 4) is 0 Å². The van der Waals surface area contributed by atoms with Gasteiger partial charge in [-0.05, 0) is 50.5 Å². The lowest BCUT2D eigenvalue weighted by molar-refractivity contribution is -0.134. The largest absolute Gasteiger partial charge is 0.335 e. The molecule has 0 aliphatic carbocycles. The third-order valence-corrected chi connectivity index (χ3v) is 8.25. The maximum Gasteiger partial charge on any atom is 0.243 e. The highest BCUT2D eigenvalue weighted by atomic mass is 32.2. The van der Waals surface area contributed by atoms with E-state index < -0.39 is 10.0 Å². The molecule has 0 saturated carbocycles. The molecule has 0 bridgehead atoms. The monoisotopic (exact) mass is 486 g/mol. The second kappa shape index (κ2) is 10.7. The minimum atomic E-state index is -3.57. The quantitative estimate of drug-likeness (QED) is 0.649. The zero-order valence-corrected chi connectivity index (χ0v) is 21.4. The topological polar surface area (TPSA) is 90.0 Å². The van der Waals surface area contributed by atoms with Crippen LogP contribution in [0.2, 0.25) is 0 Å². The Bertz CT molecular complexity index is 1150. The van der Waals surface area contributed by atoms with Gasteiger partial charge in [0.1, 0.15) is 0 Å². The standard InChI is InChI=1S/C25H34N4O4S/c1-18-9-10-22(21(4)15-18)34(32,33)29-13-11-28(12-14-29)17-24(31)27(5)16-23(30)26-25-19(2)7-6-8-20(25)3/h6-10,15H,11-14,16-17H2,1-5H3,(H,26,30). The number of carbonyl (C=O) groups is 2. The Morgan fingerprint density at radius 1 is 0.941 bits per heavy atom. The SMILES string of the molecule is Cc1ccc(S(=O)(=O)N2CCN(CC(=O)N(C)CC(=O)Nc3c(C)cccc3C)CC2)c(C)c1. The van der Waals surface area contributed by atoms with Crippen LogP contribution in [0, 0.1) is 27.7 Å². The van der Waals surface area contributed by atoms with E-state index in [1.54, 1.807) is 26.1 Å². The molecule has 34 heavy (non-hydrogen) atoms. The number of likely N-dealkylation sites (N-methyl/N-ethyl adjacent to an activating group) is 1. The Morgan fingerprint density at radius 2 is 1.56 bits per heavy atom. The second-order valence-electron chi connectivity index (χ2n) is 9.01. The Morgan fingerprint density at radius 3 is 2.15 bits per heavy atom. The minimum absolute atomic E-state index is 0.0480. The first-order valence-corrected chi connectivity index (χ1v) is 12.8. The van der Waals surface area contributed by atoms with E-state index >= 15 is 0 Å². The lowest BCUT2D eigenvalue weighted by Gasteiger charge is -2.34. The summed E-state index contributed by atoms with van der Waals surface area (Å²) in [6.45, 7) is 9.24. The first kappa shape index (κ1) is 25.9. The second-order valence-corrected chi connectivity index (χ2v) is 10.9. The van der Waals surface area contributed by atoms with E-state index in [1.165, 1.54) is 9.21 Å². The van der Waals surface area contributed by atoms with Crippen LogP contribution in [-0.4, -0.2) is 80.7 Å². The predicted octanol–water partition coefficient (Wildman–Crippen LogP) is 2.32. The normalized spacial score (nSPS) is 15.2. The zero-order valence-electron chi connectivity index (χ0n) is 20.6. The predicted molar refractivity (Wildman–Crippen MR) is 133 cm³/mol. The molecule has 184 valence electrons. The van der Waals surface area contributed by atoms with Gasteiger partial charge in [-0.3, -0.25) is 14.5 Å². The number of para-hydroxylation sites is 1. The molecule has 2 amide bonds. The van der Waals surface area contributed by atoms with Gasteiger partial charge in [0.25, 0.3) is 0 Å². The van der Waals surface area contributed by atoms with Gasteiger partial charge in [0.05, 0.1) is 18.0 Å². The summed E-state index contributed by atoms with van der Waals surface area (Å²) in [5.74, 6) is -0.431. The lowest BCUT2D eigenvalue weighted by Crippen LogP contribution is -2.51. The number of anilines is 1. The Balaban J connectivity index is 1.51. The molecule has 2 aromatic carbocycles. The number of nitrogens with one attached hydrogen (secondary N) is 1. The molecule has 1 saturated heterocycles. The van der Waals surface area contributed by atoms with Gasteiger partial charge >= 0.3 is 0 Å². The summed E-state index contributed by atoms with van der Waals surface area (Å²) < 4.78 is 27.6. The van der Waals surface area contributed by atoms with Crippen molar-refractivity contribution in [2.75, 3.05) is 51.6 Å². The van der Waals surface area contributed by atoms with Crippen molar-refractivity contribution in [1.29, 1.82) is 0 Å². The molecule has 9 heteroatoms. The average molecular weight is 487 g/mol. The fourth-order valence-corrected chi connectivity index (χ4v) is 5.79. The van der Waals surface area contributed by atoms with Crippen molar-refractivity contribution in [3.63, 3.8) is 0 Å². The Hall–Kier alpha value is -2.75. The van der Waals surface area contributed by atoms with Crippen LogP contribution < -0.4 is 5.32 Å². The highest BCUT2D eigenvalue weighted by Gasteiger charge is 2.30. The molecule has 0 radical (unpaired) electrons. The number of rotatable bonds is 7. The number of piperazine rings is 1. The highest BCUT2D eigenvalue weighted by molar-refractivity contribution is 7.89. The van der Waals surface area contributed by atoms with Gasteiger partial charge in [-0.25, -0.2) is 8.42 Å². The van der Waals surface area contributed by atoms with Crippen LogP contribution in [-0.2, 0) is 19.6 Å². The molecule has 1 aliphatic heterocycles. The first-order valence-electron chi connectivity index (χ1n) is 11.4. The summed E-state index contributed by atoms with van der Waals surface area (Å²) in [6, 6.07) is 11.1. The van der Waals surface area contributed by atoms with Crippen LogP contribution in [0.4, 0.5) is 5.69 Å². The number of nitrogens with zero attached hydrogens (tertiary/aromatic N) is 3.